The summed E-state index contributed by atoms with van der Waals surface area (Å²) < 4.78 is 10.3. The van der Waals surface area contributed by atoms with Gasteiger partial charge in [0, 0.05) is 0 Å². The molecule has 2 heteroatoms. The average Bonchev–Trinajstić information content (AvgIpc) is 2.78. The quantitative estimate of drug-likeness (QED) is 0.441. The van der Waals surface area contributed by atoms with E-state index in [4.69, 9.17) is 9.47 Å². The van der Waals surface area contributed by atoms with Crippen LogP contribution in [0.1, 0.15) is 12.8 Å². The average molecular weight is 154 g/mol. The van der Waals surface area contributed by atoms with E-state index in [1.165, 1.54) is 0 Å². The van der Waals surface area contributed by atoms with Gasteiger partial charge in [-0.25, -0.2) is 0 Å². The van der Waals surface area contributed by atoms with Crippen LogP contribution >= 0.6 is 0 Å². The molecule has 0 saturated carbocycles. The molecule has 2 nitrogen and oxygen atoms in total. The molecule has 62 valence electrons. The lowest BCUT2D eigenvalue weighted by atomic mass is 9.98. The molecule has 0 radical (unpaired) electrons. The van der Waals surface area contributed by atoms with Crippen LogP contribution in [-0.4, -0.2) is 25.4 Å². The molecule has 11 heavy (non-hydrogen) atoms. The largest absolute Gasteiger partial charge is 0.373 e. The molecule has 2 heterocycles. The third-order valence-electron chi connectivity index (χ3n) is 2.27. The Hall–Kier alpha value is -0.340. The molecule has 2 unspecified atom stereocenters. The summed E-state index contributed by atoms with van der Waals surface area (Å²) in [6, 6.07) is 0. The Morgan fingerprint density at radius 3 is 2.00 bits per heavy atom. The Morgan fingerprint density at radius 2 is 1.73 bits per heavy atom. The van der Waals surface area contributed by atoms with Crippen molar-refractivity contribution in [2.45, 2.75) is 25.0 Å². The predicted octanol–water partition coefficient (Wildman–Crippen LogP) is 1.37. The van der Waals surface area contributed by atoms with Crippen molar-refractivity contribution < 1.29 is 9.47 Å². The number of allylic oxidation sites excluding steroid dienone is 1. The zero-order valence-electron chi connectivity index (χ0n) is 6.66. The van der Waals surface area contributed by atoms with Crippen molar-refractivity contribution in [3.63, 3.8) is 0 Å². The molecule has 2 saturated heterocycles. The smallest absolute Gasteiger partial charge is 0.0815 e. The molecule has 0 amide bonds. The van der Waals surface area contributed by atoms with Crippen molar-refractivity contribution in [3.8, 4) is 0 Å². The first-order valence-corrected chi connectivity index (χ1v) is 4.24. The van der Waals surface area contributed by atoms with Gasteiger partial charge >= 0.3 is 0 Å². The Balaban J connectivity index is 1.69. The number of hydrogen-bond donors (Lipinski definition) is 0. The molecule has 2 rings (SSSR count). The first kappa shape index (κ1) is 7.32. The monoisotopic (exact) mass is 154 g/mol. The molecule has 2 atom stereocenters. The van der Waals surface area contributed by atoms with E-state index in [-0.39, 0.29) is 0 Å². The number of epoxide rings is 2. The molecule has 2 aliphatic rings. The first-order chi connectivity index (χ1) is 5.38. The second-order valence-corrected chi connectivity index (χ2v) is 3.38. The van der Waals surface area contributed by atoms with Crippen molar-refractivity contribution >= 4 is 0 Å². The molecule has 0 N–H and O–H groups in total. The number of hydrogen-bond acceptors (Lipinski definition) is 2. The van der Waals surface area contributed by atoms with Gasteiger partial charge in [0.1, 0.15) is 0 Å². The molecule has 2 fully saturated rings. The fraction of sp³-hybridized carbons (Fsp3) is 0.778. The fourth-order valence-electron chi connectivity index (χ4n) is 1.37. The van der Waals surface area contributed by atoms with E-state index < -0.39 is 0 Å². The third kappa shape index (κ3) is 2.31. The molecule has 0 aromatic carbocycles. The van der Waals surface area contributed by atoms with Gasteiger partial charge in [-0.05, 0) is 18.8 Å². The molecule has 0 aromatic heterocycles. The summed E-state index contributed by atoms with van der Waals surface area (Å²) in [7, 11) is 0. The topological polar surface area (TPSA) is 25.1 Å². The van der Waals surface area contributed by atoms with Crippen LogP contribution in [0.3, 0.4) is 0 Å². The van der Waals surface area contributed by atoms with Crippen LogP contribution in [0.5, 0.6) is 0 Å². The normalized spacial score (nSPS) is 36.4. The standard InChI is InChI=1S/C9H14O2/c1-2-7(3-8-5-10-8)4-9-6-11-9/h2,7-9H,1,3-6H2. The van der Waals surface area contributed by atoms with Crippen LogP contribution < -0.4 is 0 Å². The van der Waals surface area contributed by atoms with Crippen LogP contribution in [-0.2, 0) is 9.47 Å². The van der Waals surface area contributed by atoms with Gasteiger partial charge in [-0.2, -0.15) is 0 Å². The maximum absolute atomic E-state index is 5.15. The van der Waals surface area contributed by atoms with Crippen molar-refractivity contribution in [1.29, 1.82) is 0 Å². The van der Waals surface area contributed by atoms with Gasteiger partial charge < -0.3 is 9.47 Å². The molecule has 0 bridgehead atoms. The molecule has 0 aromatic rings. The van der Waals surface area contributed by atoms with E-state index in [0.29, 0.717) is 18.1 Å². The van der Waals surface area contributed by atoms with E-state index >= 15 is 0 Å². The van der Waals surface area contributed by atoms with E-state index in [2.05, 4.69) is 6.58 Å². The molecule has 0 aliphatic carbocycles. The van der Waals surface area contributed by atoms with Crippen LogP contribution in [0.2, 0.25) is 0 Å². The van der Waals surface area contributed by atoms with Gasteiger partial charge in [0.2, 0.25) is 0 Å². The fourth-order valence-corrected chi connectivity index (χ4v) is 1.37. The predicted molar refractivity (Wildman–Crippen MR) is 42.4 cm³/mol. The highest BCUT2D eigenvalue weighted by atomic mass is 16.6. The molecular formula is C9H14O2. The van der Waals surface area contributed by atoms with Crippen molar-refractivity contribution in [2.75, 3.05) is 13.2 Å². The second kappa shape index (κ2) is 2.95. The summed E-state index contributed by atoms with van der Waals surface area (Å²) in [5.74, 6) is 0.606. The Morgan fingerprint density at radius 1 is 1.27 bits per heavy atom. The van der Waals surface area contributed by atoms with Gasteiger partial charge in [0.15, 0.2) is 0 Å². The SMILES string of the molecule is C=CC(CC1CO1)CC1CO1. The number of ether oxygens (including phenoxy) is 2. The molecule has 0 spiro atoms. The molecular weight excluding hydrogens is 140 g/mol. The van der Waals surface area contributed by atoms with E-state index in [9.17, 15) is 0 Å². The minimum absolute atomic E-state index is 0.525. The van der Waals surface area contributed by atoms with Crippen LogP contribution in [0, 0.1) is 5.92 Å². The Kier molecular flexibility index (Phi) is 1.96. The zero-order valence-corrected chi connectivity index (χ0v) is 6.66. The highest BCUT2D eigenvalue weighted by Crippen LogP contribution is 2.27. The Bertz CT molecular complexity index is 134. The zero-order chi connectivity index (χ0) is 7.68. The van der Waals surface area contributed by atoms with Crippen LogP contribution in [0.4, 0.5) is 0 Å². The summed E-state index contributed by atoms with van der Waals surface area (Å²) in [5, 5.41) is 0. The summed E-state index contributed by atoms with van der Waals surface area (Å²) in [5.41, 5.74) is 0. The second-order valence-electron chi connectivity index (χ2n) is 3.38. The van der Waals surface area contributed by atoms with E-state index in [1.807, 2.05) is 6.08 Å². The third-order valence-corrected chi connectivity index (χ3v) is 2.27. The maximum atomic E-state index is 5.15. The minimum Gasteiger partial charge on any atom is -0.373 e. The summed E-state index contributed by atoms with van der Waals surface area (Å²) in [6.45, 7) is 5.72. The van der Waals surface area contributed by atoms with Gasteiger partial charge in [0.25, 0.3) is 0 Å². The van der Waals surface area contributed by atoms with E-state index in [0.717, 1.165) is 26.1 Å². The maximum Gasteiger partial charge on any atom is 0.0815 e. The van der Waals surface area contributed by atoms with Crippen molar-refractivity contribution in [2.24, 2.45) is 5.92 Å². The van der Waals surface area contributed by atoms with Gasteiger partial charge in [-0.1, -0.05) is 6.08 Å². The van der Waals surface area contributed by atoms with Gasteiger partial charge in [-0.3, -0.25) is 0 Å². The Labute approximate surface area is 67.2 Å². The van der Waals surface area contributed by atoms with Crippen LogP contribution in [0.15, 0.2) is 12.7 Å². The lowest BCUT2D eigenvalue weighted by Gasteiger charge is -2.07. The van der Waals surface area contributed by atoms with Crippen molar-refractivity contribution in [3.05, 3.63) is 12.7 Å². The lowest BCUT2D eigenvalue weighted by Crippen LogP contribution is -2.04. The van der Waals surface area contributed by atoms with Crippen LogP contribution in [0.25, 0.3) is 0 Å². The summed E-state index contributed by atoms with van der Waals surface area (Å²) in [4.78, 5) is 0. The highest BCUT2D eigenvalue weighted by molar-refractivity contribution is 4.88. The van der Waals surface area contributed by atoms with E-state index in [1.54, 1.807) is 0 Å². The number of rotatable bonds is 5. The first-order valence-electron chi connectivity index (χ1n) is 4.24. The van der Waals surface area contributed by atoms with Gasteiger partial charge in [0.05, 0.1) is 25.4 Å². The highest BCUT2D eigenvalue weighted by Gasteiger charge is 2.30. The summed E-state index contributed by atoms with van der Waals surface area (Å²) >= 11 is 0. The van der Waals surface area contributed by atoms with Gasteiger partial charge in [-0.15, -0.1) is 6.58 Å². The molecule has 2 aliphatic heterocycles. The lowest BCUT2D eigenvalue weighted by molar-refractivity contribution is 0.335. The van der Waals surface area contributed by atoms with Crippen molar-refractivity contribution in [1.82, 2.24) is 0 Å². The minimum atomic E-state index is 0.525. The summed E-state index contributed by atoms with van der Waals surface area (Å²) in [6.07, 6.45) is 5.37.